The number of carbonyl (C=O) groups is 1. The Hall–Kier alpha value is -2.15. The molecular weight excluding hydrogens is 356 g/mol. The highest BCUT2D eigenvalue weighted by Gasteiger charge is 2.43. The van der Waals surface area contributed by atoms with Crippen molar-refractivity contribution in [3.8, 4) is 0 Å². The molecule has 152 valence electrons. The maximum Gasteiger partial charge on any atom is 0.293 e. The van der Waals surface area contributed by atoms with Crippen LogP contribution in [0.4, 0.5) is 11.4 Å². The van der Waals surface area contributed by atoms with Gasteiger partial charge >= 0.3 is 0 Å². The summed E-state index contributed by atoms with van der Waals surface area (Å²) < 4.78 is 0. The molecule has 1 amide bonds. The summed E-state index contributed by atoms with van der Waals surface area (Å²) in [5.74, 6) is 1.52. The third-order valence-corrected chi connectivity index (χ3v) is 6.68. The lowest BCUT2D eigenvalue weighted by Crippen LogP contribution is -2.51. The predicted octanol–water partition coefficient (Wildman–Crippen LogP) is 3.04. The predicted molar refractivity (Wildman–Crippen MR) is 109 cm³/mol. The zero-order chi connectivity index (χ0) is 19.8. The molecule has 7 heteroatoms. The van der Waals surface area contributed by atoms with E-state index < -0.39 is 0 Å². The Bertz CT molecular complexity index is 758. The maximum atomic E-state index is 12.2. The summed E-state index contributed by atoms with van der Waals surface area (Å²) in [5, 5.41) is 14.5. The van der Waals surface area contributed by atoms with Crippen molar-refractivity contribution < 1.29 is 9.72 Å². The van der Waals surface area contributed by atoms with Crippen LogP contribution in [0.3, 0.4) is 0 Å². The summed E-state index contributed by atoms with van der Waals surface area (Å²) in [6.45, 7) is 7.26. The first-order chi connectivity index (χ1) is 13.4. The number of piperazine rings is 1. The first-order valence-electron chi connectivity index (χ1n) is 10.5. The standard InChI is InChI=1S/C21H30N4O3/c1-14(2)22-21(26)17-5-6-18(20(13-17)25(27)28)23-7-9-24(10-8-23)19-12-15-3-4-16(19)11-15/h5-6,13-16,19H,3-4,7-12H2,1-2H3,(H,22,26). The SMILES string of the molecule is CC(C)NC(=O)c1ccc(N2CCN(C3CC4CCC3C4)CC2)c([N+](=O)[O-])c1. The molecule has 1 aromatic carbocycles. The fourth-order valence-electron chi connectivity index (χ4n) is 5.38. The minimum atomic E-state index is -0.371. The fraction of sp³-hybridized carbons (Fsp3) is 0.667. The first-order valence-corrected chi connectivity index (χ1v) is 10.5. The van der Waals surface area contributed by atoms with E-state index in [0.717, 1.165) is 44.1 Å². The van der Waals surface area contributed by atoms with Crippen LogP contribution >= 0.6 is 0 Å². The molecule has 1 N–H and O–H groups in total. The Balaban J connectivity index is 1.45. The van der Waals surface area contributed by atoms with E-state index in [-0.39, 0.29) is 22.6 Å². The lowest BCUT2D eigenvalue weighted by molar-refractivity contribution is -0.384. The van der Waals surface area contributed by atoms with Crippen LogP contribution in [0.2, 0.25) is 0 Å². The number of amides is 1. The minimum Gasteiger partial charge on any atom is -0.363 e. The average molecular weight is 386 g/mol. The van der Waals surface area contributed by atoms with Crippen molar-refractivity contribution >= 4 is 17.3 Å². The van der Waals surface area contributed by atoms with Gasteiger partial charge in [-0.2, -0.15) is 0 Å². The van der Waals surface area contributed by atoms with Gasteiger partial charge in [0.05, 0.1) is 4.92 Å². The molecule has 0 spiro atoms. The zero-order valence-corrected chi connectivity index (χ0v) is 16.8. The van der Waals surface area contributed by atoms with E-state index in [0.29, 0.717) is 11.3 Å². The quantitative estimate of drug-likeness (QED) is 0.622. The van der Waals surface area contributed by atoms with Crippen molar-refractivity contribution in [2.75, 3.05) is 31.1 Å². The van der Waals surface area contributed by atoms with E-state index in [9.17, 15) is 14.9 Å². The van der Waals surface area contributed by atoms with Crippen LogP contribution in [0.1, 0.15) is 49.9 Å². The van der Waals surface area contributed by atoms with Gasteiger partial charge in [0.1, 0.15) is 5.69 Å². The Morgan fingerprint density at radius 1 is 1.18 bits per heavy atom. The van der Waals surface area contributed by atoms with Crippen molar-refractivity contribution in [3.05, 3.63) is 33.9 Å². The van der Waals surface area contributed by atoms with Crippen LogP contribution in [0.25, 0.3) is 0 Å². The molecule has 2 aliphatic carbocycles. The number of nitrogens with zero attached hydrogens (tertiary/aromatic N) is 3. The van der Waals surface area contributed by atoms with Gasteiger partial charge in [0.2, 0.25) is 0 Å². The largest absolute Gasteiger partial charge is 0.363 e. The molecule has 3 fully saturated rings. The number of carbonyl (C=O) groups excluding carboxylic acids is 1. The summed E-state index contributed by atoms with van der Waals surface area (Å²) in [6.07, 6.45) is 5.52. The fourth-order valence-corrected chi connectivity index (χ4v) is 5.38. The molecule has 3 unspecified atom stereocenters. The average Bonchev–Trinajstić information content (AvgIpc) is 3.30. The molecule has 2 bridgehead atoms. The second kappa shape index (κ2) is 7.70. The number of benzene rings is 1. The second-order valence-electron chi connectivity index (χ2n) is 8.85. The van der Waals surface area contributed by atoms with Crippen LogP contribution < -0.4 is 10.2 Å². The number of nitro groups is 1. The van der Waals surface area contributed by atoms with Crippen LogP contribution in [0.5, 0.6) is 0 Å². The molecular formula is C21H30N4O3. The number of nitrogens with one attached hydrogen (secondary N) is 1. The first kappa shape index (κ1) is 19.2. The van der Waals surface area contributed by atoms with E-state index in [2.05, 4.69) is 15.1 Å². The van der Waals surface area contributed by atoms with Crippen LogP contribution in [-0.2, 0) is 0 Å². The van der Waals surface area contributed by atoms with Gasteiger partial charge in [0.15, 0.2) is 0 Å². The van der Waals surface area contributed by atoms with Gasteiger partial charge in [0, 0.05) is 49.9 Å². The summed E-state index contributed by atoms with van der Waals surface area (Å²) in [5.41, 5.74) is 0.980. The zero-order valence-electron chi connectivity index (χ0n) is 16.8. The second-order valence-corrected chi connectivity index (χ2v) is 8.85. The Morgan fingerprint density at radius 2 is 1.93 bits per heavy atom. The lowest BCUT2D eigenvalue weighted by Gasteiger charge is -2.41. The molecule has 3 atom stereocenters. The van der Waals surface area contributed by atoms with Gasteiger partial charge in [-0.15, -0.1) is 0 Å². The van der Waals surface area contributed by atoms with E-state index in [1.165, 1.54) is 31.7 Å². The lowest BCUT2D eigenvalue weighted by atomic mass is 9.93. The van der Waals surface area contributed by atoms with Gasteiger partial charge in [-0.3, -0.25) is 19.8 Å². The van der Waals surface area contributed by atoms with E-state index >= 15 is 0 Å². The highest BCUT2D eigenvalue weighted by atomic mass is 16.6. The van der Waals surface area contributed by atoms with Crippen LogP contribution in [-0.4, -0.2) is 54.0 Å². The van der Waals surface area contributed by atoms with Crippen molar-refractivity contribution in [1.29, 1.82) is 0 Å². The van der Waals surface area contributed by atoms with Gasteiger partial charge in [-0.1, -0.05) is 6.42 Å². The van der Waals surface area contributed by atoms with Gasteiger partial charge in [-0.25, -0.2) is 0 Å². The molecule has 2 saturated carbocycles. The third-order valence-electron chi connectivity index (χ3n) is 6.68. The number of anilines is 1. The Labute approximate surface area is 166 Å². The molecule has 1 saturated heterocycles. The Kier molecular flexibility index (Phi) is 5.27. The summed E-state index contributed by atoms with van der Waals surface area (Å²) in [7, 11) is 0. The highest BCUT2D eigenvalue weighted by molar-refractivity contribution is 5.96. The number of nitro benzene ring substituents is 1. The molecule has 7 nitrogen and oxygen atoms in total. The smallest absolute Gasteiger partial charge is 0.293 e. The summed E-state index contributed by atoms with van der Waals surface area (Å²) in [6, 6.07) is 5.56. The minimum absolute atomic E-state index is 0.00911. The highest BCUT2D eigenvalue weighted by Crippen LogP contribution is 2.46. The number of rotatable bonds is 5. The molecule has 28 heavy (non-hydrogen) atoms. The molecule has 3 aliphatic rings. The monoisotopic (exact) mass is 386 g/mol. The molecule has 0 aromatic heterocycles. The molecule has 1 aromatic rings. The van der Waals surface area contributed by atoms with Gasteiger partial charge in [0.25, 0.3) is 11.6 Å². The normalized spacial score (nSPS) is 27.4. The van der Waals surface area contributed by atoms with Crippen molar-refractivity contribution in [3.63, 3.8) is 0 Å². The molecule has 1 aliphatic heterocycles. The summed E-state index contributed by atoms with van der Waals surface area (Å²) in [4.78, 5) is 28.2. The van der Waals surface area contributed by atoms with E-state index in [1.807, 2.05) is 13.8 Å². The molecule has 0 radical (unpaired) electrons. The number of hydrogen-bond donors (Lipinski definition) is 1. The van der Waals surface area contributed by atoms with Gasteiger partial charge in [-0.05, 0) is 57.1 Å². The van der Waals surface area contributed by atoms with Crippen molar-refractivity contribution in [1.82, 2.24) is 10.2 Å². The maximum absolute atomic E-state index is 12.2. The van der Waals surface area contributed by atoms with Crippen LogP contribution in [0, 0.1) is 22.0 Å². The van der Waals surface area contributed by atoms with E-state index in [1.54, 1.807) is 12.1 Å². The van der Waals surface area contributed by atoms with Gasteiger partial charge < -0.3 is 10.2 Å². The van der Waals surface area contributed by atoms with Crippen molar-refractivity contribution in [2.24, 2.45) is 11.8 Å². The number of hydrogen-bond acceptors (Lipinski definition) is 5. The Morgan fingerprint density at radius 3 is 2.50 bits per heavy atom. The summed E-state index contributed by atoms with van der Waals surface area (Å²) >= 11 is 0. The molecule has 1 heterocycles. The van der Waals surface area contributed by atoms with Crippen LogP contribution in [0.15, 0.2) is 18.2 Å². The topological polar surface area (TPSA) is 78.7 Å². The molecule has 4 rings (SSSR count). The number of fused-ring (bicyclic) bond motifs is 2. The third kappa shape index (κ3) is 3.72. The van der Waals surface area contributed by atoms with Crippen molar-refractivity contribution in [2.45, 2.75) is 51.6 Å². The van der Waals surface area contributed by atoms with E-state index in [4.69, 9.17) is 0 Å².